The van der Waals surface area contributed by atoms with Gasteiger partial charge in [-0.2, -0.15) is 5.10 Å². The molecule has 1 saturated heterocycles. The van der Waals surface area contributed by atoms with Gasteiger partial charge in [0.15, 0.2) is 5.82 Å². The number of hydrogen-bond acceptors (Lipinski definition) is 3. The van der Waals surface area contributed by atoms with E-state index >= 15 is 0 Å². The second-order valence-corrected chi connectivity index (χ2v) is 5.11. The van der Waals surface area contributed by atoms with Crippen molar-refractivity contribution >= 4 is 28.5 Å². The van der Waals surface area contributed by atoms with Crippen LogP contribution in [0, 0.1) is 5.92 Å². The Kier molecular flexibility index (Phi) is 3.14. The van der Waals surface area contributed by atoms with Gasteiger partial charge in [-0.25, -0.2) is 0 Å². The van der Waals surface area contributed by atoms with Crippen molar-refractivity contribution in [2.24, 2.45) is 5.92 Å². The van der Waals surface area contributed by atoms with Crippen molar-refractivity contribution in [1.29, 1.82) is 0 Å². The Hall–Kier alpha value is -2.37. The van der Waals surface area contributed by atoms with Crippen LogP contribution in [0.15, 0.2) is 24.3 Å². The van der Waals surface area contributed by atoms with E-state index in [4.69, 9.17) is 0 Å². The highest BCUT2D eigenvalue weighted by molar-refractivity contribution is 6.01. The largest absolute Gasteiger partial charge is 0.346 e. The lowest BCUT2D eigenvalue weighted by Gasteiger charge is -2.27. The number of carbonyl (C=O) groups excluding carboxylic acids is 2. The minimum atomic E-state index is -0.269. The predicted octanol–water partition coefficient (Wildman–Crippen LogP) is 1.37. The van der Waals surface area contributed by atoms with E-state index in [0.717, 1.165) is 10.9 Å². The highest BCUT2D eigenvalue weighted by Crippen LogP contribution is 2.23. The SMILES string of the molecule is CN1CCC(C(=O)Nc2n[nH]c3ccccc23)CC1=O. The quantitative estimate of drug-likeness (QED) is 0.866. The third-order valence-electron chi connectivity index (χ3n) is 3.74. The normalized spacial score (nSPS) is 19.4. The van der Waals surface area contributed by atoms with Gasteiger partial charge < -0.3 is 10.2 Å². The lowest BCUT2D eigenvalue weighted by molar-refractivity contribution is -0.137. The van der Waals surface area contributed by atoms with Gasteiger partial charge in [0.2, 0.25) is 11.8 Å². The van der Waals surface area contributed by atoms with Gasteiger partial charge in [-0.3, -0.25) is 14.7 Å². The molecule has 1 unspecified atom stereocenters. The number of para-hydroxylation sites is 1. The van der Waals surface area contributed by atoms with Gasteiger partial charge in [-0.15, -0.1) is 0 Å². The molecule has 20 heavy (non-hydrogen) atoms. The molecule has 2 amide bonds. The minimum absolute atomic E-state index is 0.0169. The molecule has 1 aromatic heterocycles. The van der Waals surface area contributed by atoms with Crippen LogP contribution < -0.4 is 5.32 Å². The molecule has 0 spiro atoms. The average Bonchev–Trinajstić information content (AvgIpc) is 2.85. The Morgan fingerprint density at radius 1 is 1.45 bits per heavy atom. The molecule has 2 heterocycles. The summed E-state index contributed by atoms with van der Waals surface area (Å²) in [6, 6.07) is 7.60. The van der Waals surface area contributed by atoms with Crippen molar-refractivity contribution in [3.63, 3.8) is 0 Å². The molecule has 1 aliphatic heterocycles. The van der Waals surface area contributed by atoms with E-state index in [1.807, 2.05) is 24.3 Å². The molecule has 2 aromatic rings. The lowest BCUT2D eigenvalue weighted by Crippen LogP contribution is -2.39. The van der Waals surface area contributed by atoms with Crippen molar-refractivity contribution in [2.75, 3.05) is 18.9 Å². The van der Waals surface area contributed by atoms with Crippen LogP contribution in [0.4, 0.5) is 5.82 Å². The molecule has 0 radical (unpaired) electrons. The maximum Gasteiger partial charge on any atom is 0.229 e. The smallest absolute Gasteiger partial charge is 0.229 e. The third-order valence-corrected chi connectivity index (χ3v) is 3.74. The zero-order valence-corrected chi connectivity index (χ0v) is 11.2. The zero-order valence-electron chi connectivity index (χ0n) is 11.2. The standard InChI is InChI=1S/C14H16N4O2/c1-18-7-6-9(8-12(18)19)14(20)15-13-10-4-2-3-5-11(10)16-17-13/h2-5,9H,6-8H2,1H3,(H2,15,16,17,20). The molecular weight excluding hydrogens is 256 g/mol. The van der Waals surface area contributed by atoms with Gasteiger partial charge in [-0.1, -0.05) is 12.1 Å². The molecule has 0 saturated carbocycles. The number of piperidine rings is 1. The number of amides is 2. The van der Waals surface area contributed by atoms with Gasteiger partial charge in [0.25, 0.3) is 0 Å². The molecule has 0 aliphatic carbocycles. The van der Waals surface area contributed by atoms with Crippen molar-refractivity contribution < 1.29 is 9.59 Å². The highest BCUT2D eigenvalue weighted by Gasteiger charge is 2.29. The number of hydrogen-bond donors (Lipinski definition) is 2. The predicted molar refractivity (Wildman–Crippen MR) is 75.1 cm³/mol. The Morgan fingerprint density at radius 2 is 2.25 bits per heavy atom. The number of nitrogens with one attached hydrogen (secondary N) is 2. The Balaban J connectivity index is 1.74. The van der Waals surface area contributed by atoms with Gasteiger partial charge in [-0.05, 0) is 18.6 Å². The van der Waals surface area contributed by atoms with Crippen molar-refractivity contribution in [3.8, 4) is 0 Å². The molecule has 6 nitrogen and oxygen atoms in total. The summed E-state index contributed by atoms with van der Waals surface area (Å²) in [6.07, 6.45) is 0.959. The second-order valence-electron chi connectivity index (χ2n) is 5.11. The maximum absolute atomic E-state index is 12.2. The monoisotopic (exact) mass is 272 g/mol. The van der Waals surface area contributed by atoms with E-state index in [1.165, 1.54) is 0 Å². The number of fused-ring (bicyclic) bond motifs is 1. The molecule has 2 N–H and O–H groups in total. The summed E-state index contributed by atoms with van der Waals surface area (Å²) in [5.74, 6) is 0.137. The number of nitrogens with zero attached hydrogens (tertiary/aromatic N) is 2. The fourth-order valence-corrected chi connectivity index (χ4v) is 2.44. The van der Waals surface area contributed by atoms with Crippen LogP contribution in [0.3, 0.4) is 0 Å². The number of anilines is 1. The first-order valence-electron chi connectivity index (χ1n) is 6.63. The van der Waals surface area contributed by atoms with Crippen LogP contribution in [0.5, 0.6) is 0 Å². The Morgan fingerprint density at radius 3 is 3.05 bits per heavy atom. The maximum atomic E-state index is 12.2. The number of H-pyrrole nitrogens is 1. The summed E-state index contributed by atoms with van der Waals surface area (Å²) in [7, 11) is 1.76. The van der Waals surface area contributed by atoms with E-state index in [-0.39, 0.29) is 24.2 Å². The highest BCUT2D eigenvalue weighted by atomic mass is 16.2. The first-order chi connectivity index (χ1) is 9.65. The first-order valence-corrected chi connectivity index (χ1v) is 6.63. The molecule has 104 valence electrons. The zero-order chi connectivity index (χ0) is 14.1. The van der Waals surface area contributed by atoms with Crippen molar-refractivity contribution in [3.05, 3.63) is 24.3 Å². The molecule has 1 aromatic carbocycles. The average molecular weight is 272 g/mol. The van der Waals surface area contributed by atoms with E-state index in [2.05, 4.69) is 15.5 Å². The number of aromatic nitrogens is 2. The van der Waals surface area contributed by atoms with E-state index in [0.29, 0.717) is 18.8 Å². The summed E-state index contributed by atoms with van der Waals surface area (Å²) in [4.78, 5) is 25.5. The third kappa shape index (κ3) is 2.24. The van der Waals surface area contributed by atoms with Crippen LogP contribution in [-0.4, -0.2) is 40.5 Å². The molecular formula is C14H16N4O2. The van der Waals surface area contributed by atoms with Crippen molar-refractivity contribution in [1.82, 2.24) is 15.1 Å². The Labute approximate surface area is 116 Å². The first kappa shape index (κ1) is 12.7. The Bertz CT molecular complexity index is 664. The number of likely N-dealkylation sites (tertiary alicyclic amines) is 1. The fourth-order valence-electron chi connectivity index (χ4n) is 2.44. The second kappa shape index (κ2) is 4.96. The topological polar surface area (TPSA) is 78.1 Å². The van der Waals surface area contributed by atoms with Crippen molar-refractivity contribution in [2.45, 2.75) is 12.8 Å². The molecule has 1 aliphatic rings. The molecule has 1 fully saturated rings. The van der Waals surface area contributed by atoms with Crippen LogP contribution >= 0.6 is 0 Å². The molecule has 6 heteroatoms. The van der Waals surface area contributed by atoms with Gasteiger partial charge in [0, 0.05) is 31.3 Å². The minimum Gasteiger partial charge on any atom is -0.346 e. The van der Waals surface area contributed by atoms with Gasteiger partial charge in [0.05, 0.1) is 5.52 Å². The van der Waals surface area contributed by atoms with Gasteiger partial charge in [0.1, 0.15) is 0 Å². The van der Waals surface area contributed by atoms with E-state index in [1.54, 1.807) is 11.9 Å². The summed E-state index contributed by atoms with van der Waals surface area (Å²) >= 11 is 0. The van der Waals surface area contributed by atoms with Gasteiger partial charge >= 0.3 is 0 Å². The summed E-state index contributed by atoms with van der Waals surface area (Å²) in [5.41, 5.74) is 0.877. The van der Waals surface area contributed by atoms with E-state index in [9.17, 15) is 9.59 Å². The fraction of sp³-hybridized carbons (Fsp3) is 0.357. The number of aromatic amines is 1. The molecule has 3 rings (SSSR count). The number of rotatable bonds is 2. The van der Waals surface area contributed by atoms with Crippen LogP contribution in [-0.2, 0) is 9.59 Å². The molecule has 1 atom stereocenters. The van der Waals surface area contributed by atoms with Crippen LogP contribution in [0.2, 0.25) is 0 Å². The summed E-state index contributed by atoms with van der Waals surface area (Å²) in [5, 5.41) is 10.7. The lowest BCUT2D eigenvalue weighted by atomic mass is 9.95. The summed E-state index contributed by atoms with van der Waals surface area (Å²) in [6.45, 7) is 0.623. The van der Waals surface area contributed by atoms with Crippen LogP contribution in [0.1, 0.15) is 12.8 Å². The van der Waals surface area contributed by atoms with Crippen LogP contribution in [0.25, 0.3) is 10.9 Å². The number of benzene rings is 1. The number of carbonyl (C=O) groups is 2. The molecule has 0 bridgehead atoms. The summed E-state index contributed by atoms with van der Waals surface area (Å²) < 4.78 is 0. The van der Waals surface area contributed by atoms with E-state index < -0.39 is 0 Å².